The Bertz CT molecular complexity index is 965. The molecule has 1 amide bonds. The maximum atomic E-state index is 13.4. The molecule has 2 atom stereocenters. The second-order valence-electron chi connectivity index (χ2n) is 7.77. The smallest absolute Gasteiger partial charge is 0.231 e. The summed E-state index contributed by atoms with van der Waals surface area (Å²) in [5.41, 5.74) is 4.70. The number of rotatable bonds is 2. The highest BCUT2D eigenvalue weighted by Gasteiger charge is 2.34. The monoisotopic (exact) mass is 360 g/mol. The van der Waals surface area contributed by atoms with E-state index in [9.17, 15) is 4.79 Å². The van der Waals surface area contributed by atoms with Gasteiger partial charge in [0.05, 0.1) is 5.92 Å². The summed E-state index contributed by atoms with van der Waals surface area (Å²) in [5, 5.41) is 1.28. The summed E-state index contributed by atoms with van der Waals surface area (Å²) in [7, 11) is 0. The number of nitrogens with one attached hydrogen (secondary N) is 1. The number of carbonyl (C=O) groups excluding carboxylic acids is 1. The van der Waals surface area contributed by atoms with E-state index in [1.165, 1.54) is 10.9 Å². The van der Waals surface area contributed by atoms with Crippen molar-refractivity contribution in [3.63, 3.8) is 0 Å². The van der Waals surface area contributed by atoms with Crippen LogP contribution in [0.3, 0.4) is 0 Å². The number of carbonyl (C=O) groups is 1. The van der Waals surface area contributed by atoms with E-state index in [-0.39, 0.29) is 11.8 Å². The summed E-state index contributed by atoms with van der Waals surface area (Å²) in [6, 6.07) is 10.4. The third-order valence-corrected chi connectivity index (χ3v) is 6.17. The number of aryl methyl sites for hydroxylation is 1. The first-order chi connectivity index (χ1) is 13.3. The second-order valence-corrected chi connectivity index (χ2v) is 7.77. The number of aromatic amines is 1. The molecule has 3 heterocycles. The molecule has 3 aromatic rings. The molecule has 27 heavy (non-hydrogen) atoms. The standard InChI is InChI=1S/C22H24N4O/c27-22(26-12-4-5-15(13-26)19-10-11-23-14-24-19)18-8-3-7-17-16-6-1-2-9-20(16)25-21(17)18/h1-2,6,9-11,14-15,18,25H,3-5,7-8,12-13H2/t15-,18+/m0/s1. The van der Waals surface area contributed by atoms with Crippen LogP contribution in [-0.4, -0.2) is 38.8 Å². The molecule has 1 aliphatic heterocycles. The molecule has 1 aromatic carbocycles. The molecule has 138 valence electrons. The molecular formula is C22H24N4O. The number of hydrogen-bond acceptors (Lipinski definition) is 3. The molecule has 1 saturated heterocycles. The van der Waals surface area contributed by atoms with Crippen molar-refractivity contribution < 1.29 is 4.79 Å². The van der Waals surface area contributed by atoms with E-state index in [4.69, 9.17) is 0 Å². The summed E-state index contributed by atoms with van der Waals surface area (Å²) < 4.78 is 0. The van der Waals surface area contributed by atoms with E-state index in [2.05, 4.69) is 44.1 Å². The minimum Gasteiger partial charge on any atom is -0.357 e. The highest BCUT2D eigenvalue weighted by Crippen LogP contribution is 2.38. The van der Waals surface area contributed by atoms with E-state index in [1.807, 2.05) is 6.07 Å². The van der Waals surface area contributed by atoms with Crippen LogP contribution in [-0.2, 0) is 11.2 Å². The van der Waals surface area contributed by atoms with Crippen molar-refractivity contribution in [1.29, 1.82) is 0 Å². The molecule has 0 unspecified atom stereocenters. The van der Waals surface area contributed by atoms with Crippen LogP contribution in [0.1, 0.15) is 54.5 Å². The highest BCUT2D eigenvalue weighted by molar-refractivity contribution is 5.90. The first-order valence-corrected chi connectivity index (χ1v) is 9.95. The van der Waals surface area contributed by atoms with Gasteiger partial charge in [0, 0.05) is 47.5 Å². The number of amides is 1. The van der Waals surface area contributed by atoms with Gasteiger partial charge in [-0.05, 0) is 49.8 Å². The van der Waals surface area contributed by atoms with Crippen molar-refractivity contribution in [3.05, 3.63) is 59.8 Å². The summed E-state index contributed by atoms with van der Waals surface area (Å²) in [6.45, 7) is 1.62. The lowest BCUT2D eigenvalue weighted by Crippen LogP contribution is -2.42. The number of H-pyrrole nitrogens is 1. The fourth-order valence-corrected chi connectivity index (χ4v) is 4.84. The first-order valence-electron chi connectivity index (χ1n) is 9.95. The molecule has 0 radical (unpaired) electrons. The van der Waals surface area contributed by atoms with Crippen LogP contribution in [0.15, 0.2) is 42.9 Å². The van der Waals surface area contributed by atoms with Crippen molar-refractivity contribution in [2.75, 3.05) is 13.1 Å². The lowest BCUT2D eigenvalue weighted by Gasteiger charge is -2.35. The lowest BCUT2D eigenvalue weighted by atomic mass is 9.85. The van der Waals surface area contributed by atoms with Gasteiger partial charge in [0.25, 0.3) is 0 Å². The van der Waals surface area contributed by atoms with Gasteiger partial charge in [0.15, 0.2) is 0 Å². The number of nitrogens with zero attached hydrogens (tertiary/aromatic N) is 3. The second kappa shape index (κ2) is 6.80. The average molecular weight is 360 g/mol. The third kappa shape index (κ3) is 2.91. The molecule has 0 saturated carbocycles. The van der Waals surface area contributed by atoms with E-state index >= 15 is 0 Å². The Balaban J connectivity index is 1.42. The molecule has 1 fully saturated rings. The van der Waals surface area contributed by atoms with Crippen molar-refractivity contribution in [2.24, 2.45) is 0 Å². The normalized spacial score (nSPS) is 22.6. The van der Waals surface area contributed by atoms with Gasteiger partial charge in [0.1, 0.15) is 6.33 Å². The van der Waals surface area contributed by atoms with Crippen LogP contribution in [0.5, 0.6) is 0 Å². The lowest BCUT2D eigenvalue weighted by molar-refractivity contribution is -0.134. The molecule has 5 nitrogen and oxygen atoms in total. The van der Waals surface area contributed by atoms with Crippen molar-refractivity contribution in [3.8, 4) is 0 Å². The van der Waals surface area contributed by atoms with E-state index < -0.39 is 0 Å². The van der Waals surface area contributed by atoms with E-state index in [0.717, 1.165) is 62.1 Å². The van der Waals surface area contributed by atoms with Gasteiger partial charge in [-0.25, -0.2) is 9.97 Å². The fraction of sp³-hybridized carbons (Fsp3) is 0.409. The zero-order valence-electron chi connectivity index (χ0n) is 15.4. The molecule has 2 aliphatic rings. The molecule has 0 bridgehead atoms. The van der Waals surface area contributed by atoms with Crippen LogP contribution >= 0.6 is 0 Å². The van der Waals surface area contributed by atoms with Gasteiger partial charge in [-0.1, -0.05) is 18.2 Å². The average Bonchev–Trinajstić information content (AvgIpc) is 3.13. The number of fused-ring (bicyclic) bond motifs is 3. The van der Waals surface area contributed by atoms with Crippen LogP contribution in [0.4, 0.5) is 0 Å². The third-order valence-electron chi connectivity index (χ3n) is 6.17. The van der Waals surface area contributed by atoms with E-state index in [1.54, 1.807) is 12.5 Å². The van der Waals surface area contributed by atoms with Crippen LogP contribution in [0.2, 0.25) is 0 Å². The van der Waals surface area contributed by atoms with Gasteiger partial charge in [0.2, 0.25) is 5.91 Å². The minimum atomic E-state index is -0.0368. The Kier molecular flexibility index (Phi) is 4.15. The Morgan fingerprint density at radius 1 is 1.15 bits per heavy atom. The zero-order valence-corrected chi connectivity index (χ0v) is 15.4. The van der Waals surface area contributed by atoms with Gasteiger partial charge in [-0.3, -0.25) is 4.79 Å². The molecule has 1 aliphatic carbocycles. The quantitative estimate of drug-likeness (QED) is 0.756. The Morgan fingerprint density at radius 2 is 2.07 bits per heavy atom. The molecule has 5 heteroatoms. The summed E-state index contributed by atoms with van der Waals surface area (Å²) in [6.07, 6.45) is 8.60. The number of piperidine rings is 1. The predicted molar refractivity (Wildman–Crippen MR) is 105 cm³/mol. The number of likely N-dealkylation sites (tertiary alicyclic amines) is 1. The highest BCUT2D eigenvalue weighted by atomic mass is 16.2. The SMILES string of the molecule is O=C([C@@H]1CCCc2c1[nH]c1ccccc21)N1CCC[C@H](c2ccncn2)C1. The van der Waals surface area contributed by atoms with Crippen molar-refractivity contribution in [1.82, 2.24) is 19.9 Å². The molecule has 2 aromatic heterocycles. The first kappa shape index (κ1) is 16.5. The summed E-state index contributed by atoms with van der Waals surface area (Å²) >= 11 is 0. The Hall–Kier alpha value is -2.69. The largest absolute Gasteiger partial charge is 0.357 e. The van der Waals surface area contributed by atoms with Crippen LogP contribution in [0, 0.1) is 0 Å². The van der Waals surface area contributed by atoms with Crippen LogP contribution < -0.4 is 0 Å². The number of hydrogen-bond donors (Lipinski definition) is 1. The van der Waals surface area contributed by atoms with Crippen molar-refractivity contribution >= 4 is 16.8 Å². The van der Waals surface area contributed by atoms with Gasteiger partial charge < -0.3 is 9.88 Å². The number of benzene rings is 1. The Labute approximate surface area is 158 Å². The number of aromatic nitrogens is 3. The zero-order chi connectivity index (χ0) is 18.2. The van der Waals surface area contributed by atoms with E-state index in [0.29, 0.717) is 5.92 Å². The Morgan fingerprint density at radius 3 is 2.96 bits per heavy atom. The maximum absolute atomic E-state index is 13.4. The number of para-hydroxylation sites is 1. The maximum Gasteiger partial charge on any atom is 0.231 e. The predicted octanol–water partition coefficient (Wildman–Crippen LogP) is 3.78. The molecule has 5 rings (SSSR count). The van der Waals surface area contributed by atoms with Crippen molar-refractivity contribution in [2.45, 2.75) is 43.9 Å². The van der Waals surface area contributed by atoms with Gasteiger partial charge >= 0.3 is 0 Å². The molecule has 1 N–H and O–H groups in total. The fourth-order valence-electron chi connectivity index (χ4n) is 4.84. The minimum absolute atomic E-state index is 0.0368. The van der Waals surface area contributed by atoms with Gasteiger partial charge in [-0.2, -0.15) is 0 Å². The topological polar surface area (TPSA) is 61.9 Å². The van der Waals surface area contributed by atoms with Crippen LogP contribution in [0.25, 0.3) is 10.9 Å². The summed E-state index contributed by atoms with van der Waals surface area (Å²) in [5.74, 6) is 0.558. The molecular weight excluding hydrogens is 336 g/mol. The summed E-state index contributed by atoms with van der Waals surface area (Å²) in [4.78, 5) is 27.5. The molecule has 0 spiro atoms. The van der Waals surface area contributed by atoms with Gasteiger partial charge in [-0.15, -0.1) is 0 Å².